The molecule has 0 radical (unpaired) electrons. The lowest BCUT2D eigenvalue weighted by molar-refractivity contribution is -0.160. The number of anilines is 1. The summed E-state index contributed by atoms with van der Waals surface area (Å²) in [5.74, 6) is -0.341. The van der Waals surface area contributed by atoms with Gasteiger partial charge in [-0.15, -0.1) is 11.3 Å². The van der Waals surface area contributed by atoms with Crippen molar-refractivity contribution in [2.75, 3.05) is 38.1 Å². The molecule has 3 heterocycles. The van der Waals surface area contributed by atoms with Crippen molar-refractivity contribution in [3.8, 4) is 21.8 Å². The molecule has 0 amide bonds. The van der Waals surface area contributed by atoms with E-state index in [0.717, 1.165) is 70.2 Å². The van der Waals surface area contributed by atoms with Crippen LogP contribution in [0.15, 0.2) is 42.6 Å². The fourth-order valence-corrected chi connectivity index (χ4v) is 6.24. The molecular formula is C30H34ClN5O3S. The van der Waals surface area contributed by atoms with Crippen LogP contribution in [0.4, 0.5) is 5.95 Å². The highest BCUT2D eigenvalue weighted by Crippen LogP contribution is 2.44. The van der Waals surface area contributed by atoms with Crippen LogP contribution in [0.2, 0.25) is 5.02 Å². The second-order valence-electron chi connectivity index (χ2n) is 11.2. The van der Waals surface area contributed by atoms with E-state index >= 15 is 0 Å². The number of aryl methyl sites for hydroxylation is 1. The van der Waals surface area contributed by atoms with Crippen molar-refractivity contribution in [1.29, 1.82) is 0 Å². The Morgan fingerprint density at radius 3 is 2.55 bits per heavy atom. The minimum absolute atomic E-state index is 0.605. The molecule has 40 heavy (non-hydrogen) atoms. The predicted octanol–water partition coefficient (Wildman–Crippen LogP) is 6.46. The van der Waals surface area contributed by atoms with E-state index in [1.807, 2.05) is 64.1 Å². The van der Waals surface area contributed by atoms with Gasteiger partial charge in [0.15, 0.2) is 6.10 Å². The highest BCUT2D eigenvalue weighted by molar-refractivity contribution is 7.22. The summed E-state index contributed by atoms with van der Waals surface area (Å²) in [6.07, 6.45) is 1.68. The highest BCUT2D eigenvalue weighted by Gasteiger charge is 2.32. The molecule has 5 rings (SSSR count). The standard InChI is InChI=1S/C30H34ClN5O3S/c1-18-17-22-26(24(19-7-9-20(31)10-8-19)23(18)25(28(37)38)39-30(2,3)4)40-27(33-22)21-11-12-32-29(34-21)36-14-6-13-35(5)15-16-36/h7-12,17,25H,6,13-16H2,1-5H3,(H,37,38). The number of fused-ring (bicyclic) bond motifs is 1. The summed E-state index contributed by atoms with van der Waals surface area (Å²) in [5.41, 5.74) is 3.90. The van der Waals surface area contributed by atoms with Crippen LogP contribution in [0.3, 0.4) is 0 Å². The first kappa shape index (κ1) is 28.4. The Hall–Kier alpha value is -3.11. The first-order chi connectivity index (χ1) is 19.0. The van der Waals surface area contributed by atoms with Crippen LogP contribution < -0.4 is 4.90 Å². The number of rotatable bonds is 6. The molecule has 0 bridgehead atoms. The van der Waals surface area contributed by atoms with Crippen LogP contribution in [-0.2, 0) is 9.53 Å². The maximum Gasteiger partial charge on any atom is 0.337 e. The number of carboxylic acids is 1. The van der Waals surface area contributed by atoms with Gasteiger partial charge in [-0.3, -0.25) is 0 Å². The third-order valence-electron chi connectivity index (χ3n) is 6.88. The van der Waals surface area contributed by atoms with E-state index in [2.05, 4.69) is 21.8 Å². The number of aliphatic carboxylic acids is 1. The largest absolute Gasteiger partial charge is 0.479 e. The number of benzene rings is 2. The Bertz CT molecular complexity index is 1530. The third-order valence-corrected chi connectivity index (χ3v) is 8.25. The number of hydrogen-bond acceptors (Lipinski definition) is 8. The molecule has 0 aliphatic carbocycles. The zero-order valence-corrected chi connectivity index (χ0v) is 25.0. The van der Waals surface area contributed by atoms with E-state index in [9.17, 15) is 9.90 Å². The lowest BCUT2D eigenvalue weighted by atomic mass is 9.91. The highest BCUT2D eigenvalue weighted by atomic mass is 35.5. The van der Waals surface area contributed by atoms with Gasteiger partial charge in [0.25, 0.3) is 0 Å². The minimum atomic E-state index is -1.16. The normalized spacial score (nSPS) is 15.8. The Labute approximate surface area is 243 Å². The molecule has 2 aromatic heterocycles. The summed E-state index contributed by atoms with van der Waals surface area (Å²) in [6.45, 7) is 11.3. The molecule has 0 saturated carbocycles. The van der Waals surface area contributed by atoms with Gasteiger partial charge in [0.2, 0.25) is 5.95 Å². The molecule has 1 atom stereocenters. The number of carbonyl (C=O) groups is 1. The van der Waals surface area contributed by atoms with Crippen molar-refractivity contribution in [3.63, 3.8) is 0 Å². The number of halogens is 1. The number of carboxylic acid groups (broad SMARTS) is 1. The molecule has 210 valence electrons. The van der Waals surface area contributed by atoms with Crippen molar-refractivity contribution in [2.45, 2.75) is 45.8 Å². The minimum Gasteiger partial charge on any atom is -0.479 e. The zero-order chi connectivity index (χ0) is 28.6. The zero-order valence-electron chi connectivity index (χ0n) is 23.4. The molecule has 1 aliphatic rings. The summed E-state index contributed by atoms with van der Waals surface area (Å²) in [4.78, 5) is 31.6. The maximum atomic E-state index is 12.6. The van der Waals surface area contributed by atoms with E-state index in [1.54, 1.807) is 6.20 Å². The van der Waals surface area contributed by atoms with E-state index in [4.69, 9.17) is 26.3 Å². The number of aromatic nitrogens is 3. The quantitative estimate of drug-likeness (QED) is 0.278. The monoisotopic (exact) mass is 579 g/mol. The topological polar surface area (TPSA) is 91.7 Å². The SMILES string of the molecule is Cc1cc2nc(-c3ccnc(N4CCCN(C)CC4)n3)sc2c(-c2ccc(Cl)cc2)c1C(OC(C)(C)C)C(=O)O. The number of ether oxygens (including phenoxy) is 1. The van der Waals surface area contributed by atoms with E-state index < -0.39 is 17.7 Å². The first-order valence-corrected chi connectivity index (χ1v) is 14.6. The lowest BCUT2D eigenvalue weighted by Crippen LogP contribution is -2.30. The Balaban J connectivity index is 1.66. The Kier molecular flexibility index (Phi) is 8.10. The number of nitrogens with zero attached hydrogens (tertiary/aromatic N) is 5. The molecule has 1 unspecified atom stereocenters. The van der Waals surface area contributed by atoms with Gasteiger partial charge in [-0.1, -0.05) is 23.7 Å². The van der Waals surface area contributed by atoms with Crippen LogP contribution in [0, 0.1) is 6.92 Å². The molecule has 10 heteroatoms. The fraction of sp³-hybridized carbons (Fsp3) is 0.400. The van der Waals surface area contributed by atoms with Crippen molar-refractivity contribution in [2.24, 2.45) is 0 Å². The molecule has 1 N–H and O–H groups in total. The van der Waals surface area contributed by atoms with Gasteiger partial charge in [0.05, 0.1) is 15.8 Å². The van der Waals surface area contributed by atoms with Crippen LogP contribution in [0.5, 0.6) is 0 Å². The lowest BCUT2D eigenvalue weighted by Gasteiger charge is -2.28. The van der Waals surface area contributed by atoms with Gasteiger partial charge in [0, 0.05) is 42.0 Å². The van der Waals surface area contributed by atoms with Crippen LogP contribution in [0.25, 0.3) is 32.0 Å². The molecule has 4 aromatic rings. The summed E-state index contributed by atoms with van der Waals surface area (Å²) >= 11 is 7.72. The van der Waals surface area contributed by atoms with Crippen LogP contribution in [0.1, 0.15) is 44.4 Å². The Morgan fingerprint density at radius 1 is 1.10 bits per heavy atom. The average Bonchev–Trinajstić information content (AvgIpc) is 3.19. The summed E-state index contributed by atoms with van der Waals surface area (Å²) in [7, 11) is 2.14. The second kappa shape index (κ2) is 11.4. The third kappa shape index (κ3) is 6.12. The number of hydrogen-bond donors (Lipinski definition) is 1. The van der Waals surface area contributed by atoms with Gasteiger partial charge in [-0.25, -0.2) is 19.7 Å². The number of likely N-dealkylation sites (N-methyl/N-ethyl adjacent to an activating group) is 1. The summed E-state index contributed by atoms with van der Waals surface area (Å²) < 4.78 is 7.00. The molecular weight excluding hydrogens is 546 g/mol. The van der Waals surface area contributed by atoms with Gasteiger partial charge in [-0.2, -0.15) is 0 Å². The van der Waals surface area contributed by atoms with Crippen molar-refractivity contribution in [1.82, 2.24) is 19.9 Å². The molecule has 1 saturated heterocycles. The second-order valence-corrected chi connectivity index (χ2v) is 12.6. The maximum absolute atomic E-state index is 12.6. The predicted molar refractivity (Wildman–Crippen MR) is 161 cm³/mol. The van der Waals surface area contributed by atoms with Crippen LogP contribution >= 0.6 is 22.9 Å². The Morgan fingerprint density at radius 2 is 1.85 bits per heavy atom. The molecule has 8 nitrogen and oxygen atoms in total. The van der Waals surface area contributed by atoms with Gasteiger partial charge < -0.3 is 19.6 Å². The fourth-order valence-electron chi connectivity index (χ4n) is 5.01. The first-order valence-electron chi connectivity index (χ1n) is 13.4. The summed E-state index contributed by atoms with van der Waals surface area (Å²) in [6, 6.07) is 11.3. The molecule has 2 aromatic carbocycles. The van der Waals surface area contributed by atoms with Crippen molar-refractivity contribution >= 4 is 45.1 Å². The smallest absolute Gasteiger partial charge is 0.337 e. The van der Waals surface area contributed by atoms with Crippen LogP contribution in [-0.4, -0.2) is 69.8 Å². The van der Waals surface area contributed by atoms with Gasteiger partial charge in [-0.05, 0) is 83.1 Å². The van der Waals surface area contributed by atoms with Crippen molar-refractivity contribution in [3.05, 3.63) is 58.7 Å². The van der Waals surface area contributed by atoms with Gasteiger partial charge in [0.1, 0.15) is 10.7 Å². The summed E-state index contributed by atoms with van der Waals surface area (Å²) in [5, 5.41) is 11.6. The average molecular weight is 580 g/mol. The van der Waals surface area contributed by atoms with Crippen molar-refractivity contribution < 1.29 is 14.6 Å². The van der Waals surface area contributed by atoms with E-state index in [0.29, 0.717) is 16.5 Å². The van der Waals surface area contributed by atoms with E-state index in [1.165, 1.54) is 11.3 Å². The van der Waals surface area contributed by atoms with Gasteiger partial charge >= 0.3 is 5.97 Å². The van der Waals surface area contributed by atoms with E-state index in [-0.39, 0.29) is 0 Å². The molecule has 0 spiro atoms. The molecule has 1 fully saturated rings. The molecule has 1 aliphatic heterocycles. The number of thiazole rings is 1.